The molecule has 5 heteroatoms. The Labute approximate surface area is 132 Å². The molecule has 20 heavy (non-hydrogen) atoms. The highest BCUT2D eigenvalue weighted by molar-refractivity contribution is 9.10. The van der Waals surface area contributed by atoms with Gasteiger partial charge in [-0.15, -0.1) is 0 Å². The molecule has 0 saturated carbocycles. The van der Waals surface area contributed by atoms with Crippen molar-refractivity contribution in [2.24, 2.45) is 0 Å². The smallest absolute Gasteiger partial charge is 0.128 e. The molecule has 2 aromatic rings. The van der Waals surface area contributed by atoms with E-state index in [0.29, 0.717) is 16.6 Å². The maximum absolute atomic E-state index is 13.2. The highest BCUT2D eigenvalue weighted by Crippen LogP contribution is 2.43. The molecule has 2 nitrogen and oxygen atoms in total. The Hall–Kier alpha value is -0.910. The molecule has 0 radical (unpaired) electrons. The van der Waals surface area contributed by atoms with Crippen LogP contribution in [0.3, 0.4) is 0 Å². The zero-order chi connectivity index (χ0) is 14.3. The van der Waals surface area contributed by atoms with Gasteiger partial charge in [0, 0.05) is 26.5 Å². The maximum Gasteiger partial charge on any atom is 0.128 e. The summed E-state index contributed by atoms with van der Waals surface area (Å²) in [6.07, 6.45) is -0.450. The number of ether oxygens (including phenoxy) is 1. The summed E-state index contributed by atoms with van der Waals surface area (Å²) in [7, 11) is 0. The van der Waals surface area contributed by atoms with Crippen LogP contribution in [0.1, 0.15) is 29.8 Å². The Morgan fingerprint density at radius 1 is 1.10 bits per heavy atom. The Kier molecular flexibility index (Phi) is 3.84. The first-order valence-corrected chi connectivity index (χ1v) is 7.72. The van der Waals surface area contributed by atoms with Gasteiger partial charge in [0.1, 0.15) is 17.7 Å². The highest BCUT2D eigenvalue weighted by atomic mass is 79.9. The van der Waals surface area contributed by atoms with Crippen molar-refractivity contribution in [1.29, 1.82) is 0 Å². The van der Waals surface area contributed by atoms with Gasteiger partial charge < -0.3 is 9.84 Å². The first-order chi connectivity index (χ1) is 9.54. The van der Waals surface area contributed by atoms with E-state index in [1.54, 1.807) is 6.07 Å². The van der Waals surface area contributed by atoms with Gasteiger partial charge in [-0.2, -0.15) is 0 Å². The third kappa shape index (κ3) is 2.62. The van der Waals surface area contributed by atoms with E-state index in [4.69, 9.17) is 4.74 Å². The number of rotatable bonds is 1. The van der Waals surface area contributed by atoms with E-state index < -0.39 is 6.10 Å². The summed E-state index contributed by atoms with van der Waals surface area (Å²) in [5.74, 6) is 0.347. The second-order valence-corrected chi connectivity index (χ2v) is 6.48. The van der Waals surface area contributed by atoms with E-state index >= 15 is 0 Å². The van der Waals surface area contributed by atoms with Gasteiger partial charge in [0.25, 0.3) is 0 Å². The maximum atomic E-state index is 13.2. The lowest BCUT2D eigenvalue weighted by molar-refractivity contribution is 0.0653. The lowest BCUT2D eigenvalue weighted by atomic mass is 9.95. The monoisotopic (exact) mass is 400 g/mol. The molecule has 2 aromatic carbocycles. The van der Waals surface area contributed by atoms with Crippen LogP contribution in [0.5, 0.6) is 5.75 Å². The highest BCUT2D eigenvalue weighted by Gasteiger charge is 2.29. The molecule has 0 bridgehead atoms. The lowest BCUT2D eigenvalue weighted by Gasteiger charge is -2.30. The predicted molar refractivity (Wildman–Crippen MR) is 81.2 cm³/mol. The zero-order valence-electron chi connectivity index (χ0n) is 10.3. The Bertz CT molecular complexity index is 660. The van der Waals surface area contributed by atoms with E-state index in [-0.39, 0.29) is 11.9 Å². The molecular weight excluding hydrogens is 391 g/mol. The van der Waals surface area contributed by atoms with Crippen molar-refractivity contribution in [3.8, 4) is 5.75 Å². The number of aliphatic hydroxyl groups excluding tert-OH is 1. The lowest BCUT2D eigenvalue weighted by Crippen LogP contribution is -2.19. The van der Waals surface area contributed by atoms with Crippen LogP contribution in [-0.2, 0) is 0 Å². The van der Waals surface area contributed by atoms with Crippen LogP contribution >= 0.6 is 31.9 Å². The first-order valence-electron chi connectivity index (χ1n) is 6.13. The topological polar surface area (TPSA) is 29.5 Å². The van der Waals surface area contributed by atoms with Gasteiger partial charge in [-0.05, 0) is 24.3 Å². The minimum absolute atomic E-state index is 0.304. The van der Waals surface area contributed by atoms with Crippen molar-refractivity contribution in [1.82, 2.24) is 0 Å². The second kappa shape index (κ2) is 5.47. The SMILES string of the molecule is OC1CC(c2ccc(F)cc2Br)Oc2cc(Br)ccc21. The van der Waals surface area contributed by atoms with Crippen molar-refractivity contribution in [3.05, 3.63) is 62.3 Å². The van der Waals surface area contributed by atoms with Crippen molar-refractivity contribution < 1.29 is 14.2 Å². The van der Waals surface area contributed by atoms with Crippen LogP contribution in [-0.4, -0.2) is 5.11 Å². The molecule has 104 valence electrons. The van der Waals surface area contributed by atoms with Crippen LogP contribution in [0.2, 0.25) is 0 Å². The fourth-order valence-corrected chi connectivity index (χ4v) is 3.32. The Morgan fingerprint density at radius 2 is 1.85 bits per heavy atom. The van der Waals surface area contributed by atoms with Gasteiger partial charge >= 0.3 is 0 Å². The number of hydrogen-bond donors (Lipinski definition) is 1. The van der Waals surface area contributed by atoms with Crippen LogP contribution < -0.4 is 4.74 Å². The van der Waals surface area contributed by atoms with E-state index in [0.717, 1.165) is 15.6 Å². The molecule has 0 aliphatic carbocycles. The van der Waals surface area contributed by atoms with Gasteiger partial charge in [-0.25, -0.2) is 4.39 Å². The Morgan fingerprint density at radius 3 is 2.60 bits per heavy atom. The molecule has 1 heterocycles. The van der Waals surface area contributed by atoms with Crippen molar-refractivity contribution in [3.63, 3.8) is 0 Å². The van der Waals surface area contributed by atoms with Crippen LogP contribution in [0.25, 0.3) is 0 Å². The molecule has 0 saturated heterocycles. The fraction of sp³-hybridized carbons (Fsp3) is 0.200. The van der Waals surface area contributed by atoms with E-state index in [1.165, 1.54) is 12.1 Å². The third-order valence-corrected chi connectivity index (χ3v) is 4.53. The third-order valence-electron chi connectivity index (χ3n) is 3.35. The number of aliphatic hydroxyl groups is 1. The summed E-state index contributed by atoms with van der Waals surface area (Å²) in [4.78, 5) is 0. The largest absolute Gasteiger partial charge is 0.485 e. The van der Waals surface area contributed by atoms with Gasteiger partial charge in [0.15, 0.2) is 0 Å². The van der Waals surface area contributed by atoms with Crippen molar-refractivity contribution >= 4 is 31.9 Å². The molecule has 1 N–H and O–H groups in total. The standard InChI is InChI=1S/C15H11Br2FO2/c16-8-1-3-11-13(19)7-15(20-14(11)5-8)10-4-2-9(18)6-12(10)17/h1-6,13,15,19H,7H2. The van der Waals surface area contributed by atoms with E-state index in [2.05, 4.69) is 31.9 Å². The number of benzene rings is 2. The van der Waals surface area contributed by atoms with Crippen molar-refractivity contribution in [2.75, 3.05) is 0 Å². The summed E-state index contributed by atoms with van der Waals surface area (Å²) in [5.41, 5.74) is 1.61. The van der Waals surface area contributed by atoms with E-state index in [1.807, 2.05) is 18.2 Å². The summed E-state index contributed by atoms with van der Waals surface area (Å²) in [6.45, 7) is 0. The molecule has 1 aliphatic heterocycles. The first kappa shape index (κ1) is 14.0. The zero-order valence-corrected chi connectivity index (χ0v) is 13.5. The molecule has 2 unspecified atom stereocenters. The molecule has 0 amide bonds. The molecule has 0 spiro atoms. The quantitative estimate of drug-likeness (QED) is 0.735. The predicted octanol–water partition coefficient (Wildman–Crippen LogP) is 4.91. The summed E-state index contributed by atoms with van der Waals surface area (Å²) in [5, 5.41) is 10.2. The number of fused-ring (bicyclic) bond motifs is 1. The average molecular weight is 402 g/mol. The minimum Gasteiger partial charge on any atom is -0.485 e. The fourth-order valence-electron chi connectivity index (χ4n) is 2.37. The van der Waals surface area contributed by atoms with Gasteiger partial charge in [-0.1, -0.05) is 44.0 Å². The minimum atomic E-state index is -0.589. The Balaban J connectivity index is 1.98. The molecule has 3 rings (SSSR count). The normalized spacial score (nSPS) is 21.2. The molecule has 0 fully saturated rings. The van der Waals surface area contributed by atoms with Crippen LogP contribution in [0.4, 0.5) is 4.39 Å². The van der Waals surface area contributed by atoms with E-state index in [9.17, 15) is 9.50 Å². The summed E-state index contributed by atoms with van der Waals surface area (Å²) < 4.78 is 20.6. The molecule has 2 atom stereocenters. The summed E-state index contributed by atoms with van der Waals surface area (Å²) >= 11 is 6.74. The van der Waals surface area contributed by atoms with Gasteiger partial charge in [0.2, 0.25) is 0 Å². The number of hydrogen-bond acceptors (Lipinski definition) is 2. The van der Waals surface area contributed by atoms with Crippen molar-refractivity contribution in [2.45, 2.75) is 18.6 Å². The molecule has 0 aromatic heterocycles. The average Bonchev–Trinajstić information content (AvgIpc) is 2.37. The molecule has 1 aliphatic rings. The molecular formula is C15H11Br2FO2. The van der Waals surface area contributed by atoms with Crippen LogP contribution in [0, 0.1) is 5.82 Å². The summed E-state index contributed by atoms with van der Waals surface area (Å²) in [6, 6.07) is 10.0. The van der Waals surface area contributed by atoms with Gasteiger partial charge in [-0.3, -0.25) is 0 Å². The number of halogens is 3. The van der Waals surface area contributed by atoms with Crippen LogP contribution in [0.15, 0.2) is 45.3 Å². The second-order valence-electron chi connectivity index (χ2n) is 4.71. The van der Waals surface area contributed by atoms with Gasteiger partial charge in [0.05, 0.1) is 6.10 Å².